The highest BCUT2D eigenvalue weighted by Gasteiger charge is 2.22. The summed E-state index contributed by atoms with van der Waals surface area (Å²) in [5.41, 5.74) is 0.318. The minimum atomic E-state index is 0.318. The predicted octanol–water partition coefficient (Wildman–Crippen LogP) is 3.46. The molecule has 0 unspecified atom stereocenters. The van der Waals surface area contributed by atoms with Gasteiger partial charge in [0.15, 0.2) is 0 Å². The number of carbonyl (C=O) groups excluding carboxylic acids is 1. The highest BCUT2D eigenvalue weighted by molar-refractivity contribution is 5.76. The molecule has 0 radical (unpaired) electrons. The Morgan fingerprint density at radius 2 is 1.88 bits per heavy atom. The zero-order chi connectivity index (χ0) is 12.2. The maximum Gasteiger partial charge on any atom is 0.222 e. The Morgan fingerprint density at radius 1 is 1.31 bits per heavy atom. The van der Waals surface area contributed by atoms with Crippen molar-refractivity contribution in [2.75, 3.05) is 13.1 Å². The van der Waals surface area contributed by atoms with Crippen molar-refractivity contribution in [3.8, 4) is 0 Å². The van der Waals surface area contributed by atoms with Crippen LogP contribution in [-0.2, 0) is 4.79 Å². The molecule has 1 aliphatic rings. The van der Waals surface area contributed by atoms with Crippen LogP contribution in [0.4, 0.5) is 0 Å². The van der Waals surface area contributed by atoms with E-state index in [-0.39, 0.29) is 0 Å². The van der Waals surface area contributed by atoms with Crippen LogP contribution in [0, 0.1) is 11.3 Å². The summed E-state index contributed by atoms with van der Waals surface area (Å²) in [7, 11) is 0. The van der Waals surface area contributed by atoms with Crippen molar-refractivity contribution in [1.82, 2.24) is 4.90 Å². The van der Waals surface area contributed by atoms with E-state index in [4.69, 9.17) is 0 Å². The van der Waals surface area contributed by atoms with Gasteiger partial charge in [-0.05, 0) is 30.6 Å². The topological polar surface area (TPSA) is 20.3 Å². The van der Waals surface area contributed by atoms with Gasteiger partial charge in [-0.25, -0.2) is 0 Å². The number of hydrogen-bond donors (Lipinski definition) is 0. The van der Waals surface area contributed by atoms with E-state index in [0.717, 1.165) is 38.3 Å². The Kier molecular flexibility index (Phi) is 4.82. The van der Waals surface area contributed by atoms with Crippen LogP contribution in [-0.4, -0.2) is 23.9 Å². The van der Waals surface area contributed by atoms with Crippen molar-refractivity contribution in [1.29, 1.82) is 0 Å². The van der Waals surface area contributed by atoms with Gasteiger partial charge in [-0.3, -0.25) is 4.79 Å². The van der Waals surface area contributed by atoms with Crippen LogP contribution in [0.3, 0.4) is 0 Å². The Labute approximate surface area is 100 Å². The summed E-state index contributed by atoms with van der Waals surface area (Å²) in [6.07, 6.45) is 5.27. The monoisotopic (exact) mass is 225 g/mol. The van der Waals surface area contributed by atoms with Crippen molar-refractivity contribution in [2.24, 2.45) is 11.3 Å². The van der Waals surface area contributed by atoms with Crippen LogP contribution in [0.5, 0.6) is 0 Å². The number of likely N-dealkylation sites (tertiary alicyclic amines) is 1. The largest absolute Gasteiger partial charge is 0.343 e. The Bertz CT molecular complexity index is 227. The molecule has 1 fully saturated rings. The van der Waals surface area contributed by atoms with E-state index in [2.05, 4.69) is 32.6 Å². The number of amides is 1. The van der Waals surface area contributed by atoms with E-state index in [1.54, 1.807) is 0 Å². The molecule has 0 aromatic carbocycles. The van der Waals surface area contributed by atoms with Crippen LogP contribution in [0.2, 0.25) is 0 Å². The van der Waals surface area contributed by atoms with Gasteiger partial charge < -0.3 is 4.90 Å². The highest BCUT2D eigenvalue weighted by Crippen LogP contribution is 2.27. The molecule has 0 atom stereocenters. The molecule has 0 spiro atoms. The van der Waals surface area contributed by atoms with Gasteiger partial charge in [0.1, 0.15) is 0 Å². The predicted molar refractivity (Wildman–Crippen MR) is 68.3 cm³/mol. The molecule has 94 valence electrons. The zero-order valence-electron chi connectivity index (χ0n) is 11.4. The lowest BCUT2D eigenvalue weighted by Crippen LogP contribution is -2.38. The second-order valence-electron chi connectivity index (χ2n) is 6.08. The summed E-state index contributed by atoms with van der Waals surface area (Å²) in [6.45, 7) is 10.9. The van der Waals surface area contributed by atoms with E-state index < -0.39 is 0 Å². The van der Waals surface area contributed by atoms with Crippen LogP contribution < -0.4 is 0 Å². The molecular formula is C14H27NO. The minimum Gasteiger partial charge on any atom is -0.343 e. The summed E-state index contributed by atoms with van der Waals surface area (Å²) >= 11 is 0. The minimum absolute atomic E-state index is 0.318. The number of carbonyl (C=O) groups is 1. The van der Waals surface area contributed by atoms with Crippen LogP contribution in [0.15, 0.2) is 0 Å². The summed E-state index contributed by atoms with van der Waals surface area (Å²) in [4.78, 5) is 14.1. The number of nitrogens with zero attached hydrogens (tertiary/aromatic N) is 1. The smallest absolute Gasteiger partial charge is 0.222 e. The molecule has 0 N–H and O–H groups in total. The fourth-order valence-electron chi connectivity index (χ4n) is 2.04. The van der Waals surface area contributed by atoms with E-state index >= 15 is 0 Å². The second-order valence-corrected chi connectivity index (χ2v) is 6.08. The molecule has 2 nitrogen and oxygen atoms in total. The Hall–Kier alpha value is -0.530. The van der Waals surface area contributed by atoms with Crippen LogP contribution >= 0.6 is 0 Å². The number of piperidine rings is 1. The first kappa shape index (κ1) is 13.5. The van der Waals surface area contributed by atoms with Gasteiger partial charge in [0.05, 0.1) is 0 Å². The maximum absolute atomic E-state index is 12.0. The average molecular weight is 225 g/mol. The molecule has 0 aromatic heterocycles. The van der Waals surface area contributed by atoms with E-state index in [0.29, 0.717) is 11.3 Å². The van der Waals surface area contributed by atoms with Crippen molar-refractivity contribution < 1.29 is 4.79 Å². The third-order valence-electron chi connectivity index (χ3n) is 4.11. The molecule has 0 saturated carbocycles. The van der Waals surface area contributed by atoms with Gasteiger partial charge in [-0.1, -0.05) is 34.1 Å². The standard InChI is InChI=1S/C14H27NO/c1-5-14(3,4)9-6-13(16)15-10-7-12(2)8-11-15/h12H,5-11H2,1-4H3. The van der Waals surface area contributed by atoms with Crippen molar-refractivity contribution in [3.63, 3.8) is 0 Å². The van der Waals surface area contributed by atoms with E-state index in [9.17, 15) is 4.79 Å². The quantitative estimate of drug-likeness (QED) is 0.717. The molecule has 1 rings (SSSR count). The highest BCUT2D eigenvalue weighted by atomic mass is 16.2. The van der Waals surface area contributed by atoms with E-state index in [1.165, 1.54) is 12.8 Å². The lowest BCUT2D eigenvalue weighted by molar-refractivity contribution is -0.133. The molecule has 1 heterocycles. The number of rotatable bonds is 4. The number of hydrogen-bond acceptors (Lipinski definition) is 1. The zero-order valence-corrected chi connectivity index (χ0v) is 11.4. The molecular weight excluding hydrogens is 198 g/mol. The summed E-state index contributed by atoms with van der Waals surface area (Å²) < 4.78 is 0. The molecule has 0 bridgehead atoms. The van der Waals surface area contributed by atoms with Gasteiger partial charge >= 0.3 is 0 Å². The summed E-state index contributed by atoms with van der Waals surface area (Å²) in [5, 5.41) is 0. The van der Waals surface area contributed by atoms with Gasteiger partial charge in [-0.2, -0.15) is 0 Å². The van der Waals surface area contributed by atoms with Gasteiger partial charge in [0, 0.05) is 19.5 Å². The van der Waals surface area contributed by atoms with Crippen molar-refractivity contribution in [3.05, 3.63) is 0 Å². The van der Waals surface area contributed by atoms with Crippen molar-refractivity contribution in [2.45, 2.75) is 59.8 Å². The van der Waals surface area contributed by atoms with Crippen molar-refractivity contribution >= 4 is 5.91 Å². The summed E-state index contributed by atoms with van der Waals surface area (Å²) in [5.74, 6) is 1.17. The molecule has 1 aliphatic heterocycles. The first-order valence-corrected chi connectivity index (χ1v) is 6.72. The third kappa shape index (κ3) is 4.15. The maximum atomic E-state index is 12.0. The Balaban J connectivity index is 2.30. The third-order valence-corrected chi connectivity index (χ3v) is 4.11. The van der Waals surface area contributed by atoms with Gasteiger partial charge in [0.2, 0.25) is 5.91 Å². The SMILES string of the molecule is CCC(C)(C)CCC(=O)N1CCC(C)CC1. The fourth-order valence-corrected chi connectivity index (χ4v) is 2.04. The fraction of sp³-hybridized carbons (Fsp3) is 0.929. The first-order chi connectivity index (χ1) is 7.44. The van der Waals surface area contributed by atoms with Crippen LogP contribution in [0.25, 0.3) is 0 Å². The van der Waals surface area contributed by atoms with E-state index in [1.807, 2.05) is 0 Å². The molecule has 0 aliphatic carbocycles. The van der Waals surface area contributed by atoms with Gasteiger partial charge in [-0.15, -0.1) is 0 Å². The Morgan fingerprint density at radius 3 is 2.38 bits per heavy atom. The summed E-state index contributed by atoms with van der Waals surface area (Å²) in [6, 6.07) is 0. The molecule has 1 saturated heterocycles. The van der Waals surface area contributed by atoms with Crippen LogP contribution in [0.1, 0.15) is 59.8 Å². The normalized spacial score (nSPS) is 18.9. The molecule has 16 heavy (non-hydrogen) atoms. The molecule has 1 amide bonds. The first-order valence-electron chi connectivity index (χ1n) is 6.72. The average Bonchev–Trinajstić information content (AvgIpc) is 2.27. The second kappa shape index (κ2) is 5.70. The lowest BCUT2D eigenvalue weighted by atomic mass is 9.85. The van der Waals surface area contributed by atoms with Gasteiger partial charge in [0.25, 0.3) is 0 Å². The lowest BCUT2D eigenvalue weighted by Gasteiger charge is -2.31. The molecule has 2 heteroatoms. The molecule has 0 aromatic rings.